The van der Waals surface area contributed by atoms with Gasteiger partial charge >= 0.3 is 5.97 Å². The maximum Gasteiger partial charge on any atom is 0.337 e. The van der Waals surface area contributed by atoms with Gasteiger partial charge in [0.2, 0.25) is 0 Å². The van der Waals surface area contributed by atoms with Crippen molar-refractivity contribution in [2.45, 2.75) is 26.3 Å². The second-order valence-corrected chi connectivity index (χ2v) is 3.76. The van der Waals surface area contributed by atoms with Crippen LogP contribution in [0.15, 0.2) is 18.2 Å². The molecule has 0 aromatic heterocycles. The highest BCUT2D eigenvalue weighted by Gasteiger charge is 2.13. The number of carbonyl (C=O) groups is 1. The Hall–Kier alpha value is -1.95. The van der Waals surface area contributed by atoms with Crippen molar-refractivity contribution in [2.24, 2.45) is 0 Å². The molecule has 1 atom stereocenters. The number of nitrogens with one attached hydrogen (secondary N) is 1. The molecule has 0 fully saturated rings. The van der Waals surface area contributed by atoms with Crippen molar-refractivity contribution in [1.82, 2.24) is 0 Å². The van der Waals surface area contributed by atoms with Gasteiger partial charge in [-0.25, -0.2) is 4.79 Å². The highest BCUT2D eigenvalue weighted by molar-refractivity contribution is 5.95. The topological polar surface area (TPSA) is 49.3 Å². The molecule has 0 saturated heterocycles. The summed E-state index contributed by atoms with van der Waals surface area (Å²) in [6.45, 7) is 3.80. The highest BCUT2D eigenvalue weighted by Crippen LogP contribution is 2.21. The van der Waals surface area contributed by atoms with Crippen molar-refractivity contribution in [2.75, 3.05) is 5.32 Å². The first-order valence-corrected chi connectivity index (χ1v) is 5.09. The molecule has 1 rings (SSSR count). The van der Waals surface area contributed by atoms with Crippen LogP contribution in [0.5, 0.6) is 0 Å². The summed E-state index contributed by atoms with van der Waals surface area (Å²) in [5.74, 6) is 1.61. The molecule has 3 nitrogen and oxygen atoms in total. The molecular weight excluding hydrogens is 202 g/mol. The molecule has 0 heterocycles. The minimum Gasteiger partial charge on any atom is -0.478 e. The number of benzene rings is 1. The molecule has 84 valence electrons. The number of carboxylic acids is 1. The van der Waals surface area contributed by atoms with E-state index in [1.807, 2.05) is 19.9 Å². The third-order valence-corrected chi connectivity index (χ3v) is 2.32. The van der Waals surface area contributed by atoms with Crippen LogP contribution in [0, 0.1) is 19.3 Å². The van der Waals surface area contributed by atoms with Crippen LogP contribution in [-0.4, -0.2) is 17.1 Å². The first-order valence-electron chi connectivity index (χ1n) is 5.09. The van der Waals surface area contributed by atoms with E-state index in [4.69, 9.17) is 11.5 Å². The Balaban J connectivity index is 3.02. The van der Waals surface area contributed by atoms with Gasteiger partial charge in [-0.2, -0.15) is 0 Å². The van der Waals surface area contributed by atoms with Crippen molar-refractivity contribution < 1.29 is 9.90 Å². The van der Waals surface area contributed by atoms with Crippen LogP contribution in [0.3, 0.4) is 0 Å². The van der Waals surface area contributed by atoms with E-state index in [-0.39, 0.29) is 11.6 Å². The molecule has 0 radical (unpaired) electrons. The summed E-state index contributed by atoms with van der Waals surface area (Å²) in [5.41, 5.74) is 1.84. The zero-order valence-electron chi connectivity index (χ0n) is 9.45. The Kier molecular flexibility index (Phi) is 3.96. The number of terminal acetylenes is 1. The molecule has 3 heteroatoms. The molecule has 0 spiro atoms. The Morgan fingerprint density at radius 1 is 1.62 bits per heavy atom. The first kappa shape index (κ1) is 12.1. The van der Waals surface area contributed by atoms with Crippen LogP contribution in [0.1, 0.15) is 29.3 Å². The quantitative estimate of drug-likeness (QED) is 0.762. The fourth-order valence-corrected chi connectivity index (χ4v) is 1.51. The van der Waals surface area contributed by atoms with E-state index >= 15 is 0 Å². The SMILES string of the molecule is C#CCC(C)Nc1c(C)cccc1C(=O)O. The van der Waals surface area contributed by atoms with Gasteiger partial charge in [0.1, 0.15) is 0 Å². The van der Waals surface area contributed by atoms with E-state index in [2.05, 4.69) is 11.2 Å². The molecule has 0 aliphatic rings. The zero-order valence-corrected chi connectivity index (χ0v) is 9.45. The number of carboxylic acid groups (broad SMARTS) is 1. The van der Waals surface area contributed by atoms with E-state index in [9.17, 15) is 4.79 Å². The highest BCUT2D eigenvalue weighted by atomic mass is 16.4. The summed E-state index contributed by atoms with van der Waals surface area (Å²) in [5, 5.41) is 12.2. The van der Waals surface area contributed by atoms with Gasteiger partial charge in [0.05, 0.1) is 11.3 Å². The summed E-state index contributed by atoms with van der Waals surface area (Å²) in [7, 11) is 0. The number of hydrogen-bond donors (Lipinski definition) is 2. The summed E-state index contributed by atoms with van der Waals surface area (Å²) in [6.07, 6.45) is 5.78. The number of hydrogen-bond acceptors (Lipinski definition) is 2. The minimum absolute atomic E-state index is 0.0594. The lowest BCUT2D eigenvalue weighted by molar-refractivity contribution is 0.0698. The number of anilines is 1. The number of rotatable bonds is 4. The number of para-hydroxylation sites is 1. The lowest BCUT2D eigenvalue weighted by atomic mass is 10.1. The normalized spacial score (nSPS) is 11.6. The fourth-order valence-electron chi connectivity index (χ4n) is 1.51. The van der Waals surface area contributed by atoms with Gasteiger partial charge in [-0.05, 0) is 25.5 Å². The van der Waals surface area contributed by atoms with Gasteiger partial charge in [0.15, 0.2) is 0 Å². The largest absolute Gasteiger partial charge is 0.478 e. The third kappa shape index (κ3) is 2.77. The van der Waals surface area contributed by atoms with Gasteiger partial charge < -0.3 is 10.4 Å². The standard InChI is InChI=1S/C13H15NO2/c1-4-6-10(3)14-12-9(2)7-5-8-11(12)13(15)16/h1,5,7-8,10,14H,6H2,2-3H3,(H,15,16). The molecule has 0 amide bonds. The predicted octanol–water partition coefficient (Wildman–Crippen LogP) is 2.52. The van der Waals surface area contributed by atoms with E-state index in [0.29, 0.717) is 12.1 Å². The molecule has 1 aromatic rings. The molecule has 1 unspecified atom stereocenters. The van der Waals surface area contributed by atoms with Crippen LogP contribution in [0.25, 0.3) is 0 Å². The van der Waals surface area contributed by atoms with Gasteiger partial charge in [-0.1, -0.05) is 12.1 Å². The average Bonchev–Trinajstić information content (AvgIpc) is 2.21. The van der Waals surface area contributed by atoms with Crippen molar-refractivity contribution in [3.63, 3.8) is 0 Å². The van der Waals surface area contributed by atoms with Gasteiger partial charge in [-0.3, -0.25) is 0 Å². The van der Waals surface area contributed by atoms with Crippen molar-refractivity contribution in [3.8, 4) is 12.3 Å². The second kappa shape index (κ2) is 5.22. The van der Waals surface area contributed by atoms with Crippen molar-refractivity contribution in [3.05, 3.63) is 29.3 Å². The summed E-state index contributed by atoms with van der Waals surface area (Å²) in [6, 6.07) is 5.25. The van der Waals surface area contributed by atoms with Gasteiger partial charge in [0.25, 0.3) is 0 Å². The maximum absolute atomic E-state index is 11.0. The smallest absolute Gasteiger partial charge is 0.337 e. The van der Waals surface area contributed by atoms with E-state index in [1.54, 1.807) is 12.1 Å². The summed E-state index contributed by atoms with van der Waals surface area (Å²) < 4.78 is 0. The van der Waals surface area contributed by atoms with Crippen LogP contribution < -0.4 is 5.32 Å². The molecule has 0 saturated carbocycles. The molecule has 0 aliphatic heterocycles. The predicted molar refractivity (Wildman–Crippen MR) is 64.7 cm³/mol. The van der Waals surface area contributed by atoms with Crippen LogP contribution in [0.4, 0.5) is 5.69 Å². The summed E-state index contributed by atoms with van der Waals surface area (Å²) >= 11 is 0. The fraction of sp³-hybridized carbons (Fsp3) is 0.308. The van der Waals surface area contributed by atoms with Crippen LogP contribution in [-0.2, 0) is 0 Å². The Labute approximate surface area is 95.5 Å². The van der Waals surface area contributed by atoms with E-state index in [0.717, 1.165) is 5.56 Å². The third-order valence-electron chi connectivity index (χ3n) is 2.32. The molecule has 2 N–H and O–H groups in total. The Morgan fingerprint density at radius 3 is 2.88 bits per heavy atom. The van der Waals surface area contributed by atoms with Crippen molar-refractivity contribution >= 4 is 11.7 Å². The molecular formula is C13H15NO2. The second-order valence-electron chi connectivity index (χ2n) is 3.76. The molecule has 1 aromatic carbocycles. The molecule has 16 heavy (non-hydrogen) atoms. The lowest BCUT2D eigenvalue weighted by Crippen LogP contribution is -2.17. The average molecular weight is 217 g/mol. The van der Waals surface area contributed by atoms with Crippen LogP contribution >= 0.6 is 0 Å². The zero-order chi connectivity index (χ0) is 12.1. The monoisotopic (exact) mass is 217 g/mol. The number of aryl methyl sites for hydroxylation is 1. The minimum atomic E-state index is -0.931. The molecule has 0 bridgehead atoms. The van der Waals surface area contributed by atoms with Gasteiger partial charge in [-0.15, -0.1) is 12.3 Å². The van der Waals surface area contributed by atoms with Crippen molar-refractivity contribution in [1.29, 1.82) is 0 Å². The summed E-state index contributed by atoms with van der Waals surface area (Å²) in [4.78, 5) is 11.0. The number of aromatic carboxylic acids is 1. The molecule has 0 aliphatic carbocycles. The van der Waals surface area contributed by atoms with Crippen LogP contribution in [0.2, 0.25) is 0 Å². The first-order chi connectivity index (χ1) is 7.56. The van der Waals surface area contributed by atoms with Gasteiger partial charge in [0, 0.05) is 12.5 Å². The lowest BCUT2D eigenvalue weighted by Gasteiger charge is -2.16. The Bertz CT molecular complexity index is 432. The van der Waals surface area contributed by atoms with E-state index < -0.39 is 5.97 Å². The maximum atomic E-state index is 11.0. The Morgan fingerprint density at radius 2 is 2.31 bits per heavy atom. The van der Waals surface area contributed by atoms with E-state index in [1.165, 1.54) is 0 Å².